The number of aromatic nitrogens is 3. The molecule has 0 radical (unpaired) electrons. The van der Waals surface area contributed by atoms with Gasteiger partial charge >= 0.3 is 0 Å². The number of rotatable bonds is 8. The van der Waals surface area contributed by atoms with Crippen LogP contribution in [0.25, 0.3) is 5.65 Å². The van der Waals surface area contributed by atoms with E-state index in [2.05, 4.69) is 15.4 Å². The van der Waals surface area contributed by atoms with E-state index in [1.807, 2.05) is 52.8 Å². The quantitative estimate of drug-likeness (QED) is 0.593. The van der Waals surface area contributed by atoms with Crippen molar-refractivity contribution < 1.29 is 14.3 Å². The Hall–Kier alpha value is -3.29. The Morgan fingerprint density at radius 3 is 2.57 bits per heavy atom. The maximum Gasteiger partial charge on any atom is 0.266 e. The summed E-state index contributed by atoms with van der Waals surface area (Å²) in [5.74, 6) is 1.22. The van der Waals surface area contributed by atoms with E-state index < -0.39 is 0 Å². The molecule has 3 rings (SSSR count). The summed E-state index contributed by atoms with van der Waals surface area (Å²) >= 11 is 0. The largest absolute Gasteiger partial charge is 0.490 e. The number of ether oxygens (including phenoxy) is 2. The number of benzene rings is 1. The molecule has 2 N–H and O–H groups in total. The molecule has 2 aromatic heterocycles. The summed E-state index contributed by atoms with van der Waals surface area (Å²) in [4.78, 5) is 28.8. The number of carbonyl (C=O) groups excluding carboxylic acids is 1. The number of fused-ring (bicyclic) bond motifs is 1. The Morgan fingerprint density at radius 1 is 1.17 bits per heavy atom. The van der Waals surface area contributed by atoms with Gasteiger partial charge in [-0.2, -0.15) is 0 Å². The van der Waals surface area contributed by atoms with E-state index in [0.717, 1.165) is 22.5 Å². The minimum absolute atomic E-state index is 0.129. The monoisotopic (exact) mass is 412 g/mol. The third-order valence-corrected chi connectivity index (χ3v) is 4.98. The zero-order chi connectivity index (χ0) is 21.8. The van der Waals surface area contributed by atoms with Crippen LogP contribution < -0.4 is 20.3 Å². The summed E-state index contributed by atoms with van der Waals surface area (Å²) in [7, 11) is 0. The van der Waals surface area contributed by atoms with Crippen LogP contribution in [0.1, 0.15) is 49.3 Å². The lowest BCUT2D eigenvalue weighted by molar-refractivity contribution is -0.121. The third-order valence-electron chi connectivity index (χ3n) is 4.98. The van der Waals surface area contributed by atoms with E-state index in [1.165, 1.54) is 6.07 Å². The molecular weight excluding hydrogens is 384 g/mol. The van der Waals surface area contributed by atoms with Gasteiger partial charge in [-0.15, -0.1) is 0 Å². The van der Waals surface area contributed by atoms with Crippen LogP contribution in [0.2, 0.25) is 0 Å². The molecule has 0 saturated carbocycles. The average Bonchev–Trinajstić information content (AvgIpc) is 3.07. The topological polar surface area (TPSA) is 97.7 Å². The molecule has 0 spiro atoms. The fourth-order valence-electron chi connectivity index (χ4n) is 3.48. The fourth-order valence-corrected chi connectivity index (χ4v) is 3.48. The van der Waals surface area contributed by atoms with E-state index in [-0.39, 0.29) is 23.9 Å². The molecule has 0 saturated heterocycles. The molecule has 0 aliphatic carbocycles. The van der Waals surface area contributed by atoms with Gasteiger partial charge in [0.1, 0.15) is 0 Å². The number of aryl methyl sites for hydroxylation is 2. The van der Waals surface area contributed by atoms with Crippen molar-refractivity contribution in [2.45, 2.75) is 47.1 Å². The highest BCUT2D eigenvalue weighted by molar-refractivity contribution is 5.79. The van der Waals surface area contributed by atoms with Crippen molar-refractivity contribution in [3.63, 3.8) is 0 Å². The van der Waals surface area contributed by atoms with Crippen LogP contribution in [0.15, 0.2) is 29.1 Å². The van der Waals surface area contributed by atoms with Gasteiger partial charge in [0.15, 0.2) is 17.1 Å². The first-order valence-corrected chi connectivity index (χ1v) is 10.1. The summed E-state index contributed by atoms with van der Waals surface area (Å²) in [5, 5.41) is 5.74. The Kier molecular flexibility index (Phi) is 6.44. The van der Waals surface area contributed by atoms with Crippen LogP contribution in [0.5, 0.6) is 11.5 Å². The molecule has 8 heteroatoms. The second-order valence-corrected chi connectivity index (χ2v) is 7.11. The highest BCUT2D eigenvalue weighted by Crippen LogP contribution is 2.30. The molecule has 8 nitrogen and oxygen atoms in total. The van der Waals surface area contributed by atoms with Crippen molar-refractivity contribution in [2.75, 3.05) is 13.2 Å². The van der Waals surface area contributed by atoms with Crippen molar-refractivity contribution in [2.24, 2.45) is 0 Å². The minimum Gasteiger partial charge on any atom is -0.490 e. The van der Waals surface area contributed by atoms with Crippen molar-refractivity contribution in [1.29, 1.82) is 0 Å². The molecule has 3 aromatic rings. The van der Waals surface area contributed by atoms with Gasteiger partial charge in [-0.3, -0.25) is 14.7 Å². The van der Waals surface area contributed by atoms with Gasteiger partial charge in [0, 0.05) is 23.0 Å². The van der Waals surface area contributed by atoms with Crippen LogP contribution in [-0.4, -0.2) is 33.7 Å². The number of aromatic amines is 1. The first-order chi connectivity index (χ1) is 14.3. The number of amides is 1. The van der Waals surface area contributed by atoms with Gasteiger partial charge in [-0.25, -0.2) is 9.50 Å². The molecule has 0 bridgehead atoms. The molecule has 1 aromatic carbocycles. The third kappa shape index (κ3) is 4.48. The minimum atomic E-state index is -0.221. The lowest BCUT2D eigenvalue weighted by Crippen LogP contribution is -2.29. The molecule has 0 aliphatic rings. The summed E-state index contributed by atoms with van der Waals surface area (Å²) < 4.78 is 12.9. The zero-order valence-electron chi connectivity index (χ0n) is 18.0. The standard InChI is InChI=1S/C22H28N4O4/c1-6-29-18-9-8-16(10-19(18)30-7-2)13(3)24-21(27)11-17-14(4)23-20-12-22(28)25-26(20)15(17)5/h8-10,12-13H,6-7,11H2,1-5H3,(H,24,27)(H,25,28). The predicted molar refractivity (Wildman–Crippen MR) is 114 cm³/mol. The Balaban J connectivity index is 1.77. The first kappa shape index (κ1) is 21.4. The molecular formula is C22H28N4O4. The number of nitrogens with zero attached hydrogens (tertiary/aromatic N) is 2. The van der Waals surface area contributed by atoms with Crippen molar-refractivity contribution in [1.82, 2.24) is 19.9 Å². The van der Waals surface area contributed by atoms with Crippen molar-refractivity contribution in [3.8, 4) is 11.5 Å². The summed E-state index contributed by atoms with van der Waals surface area (Å²) in [6.07, 6.45) is 0.167. The van der Waals surface area contributed by atoms with Crippen LogP contribution in [0, 0.1) is 13.8 Å². The lowest BCUT2D eigenvalue weighted by atomic mass is 10.1. The molecule has 160 valence electrons. The van der Waals surface area contributed by atoms with E-state index in [9.17, 15) is 9.59 Å². The van der Waals surface area contributed by atoms with E-state index in [1.54, 1.807) is 4.52 Å². The summed E-state index contributed by atoms with van der Waals surface area (Å²) in [6.45, 7) is 10.6. The van der Waals surface area contributed by atoms with E-state index in [0.29, 0.717) is 30.4 Å². The van der Waals surface area contributed by atoms with Crippen molar-refractivity contribution >= 4 is 11.6 Å². The number of carbonyl (C=O) groups is 1. The summed E-state index contributed by atoms with van der Waals surface area (Å²) in [6, 6.07) is 6.91. The zero-order valence-corrected chi connectivity index (χ0v) is 18.0. The Bertz CT molecular complexity index is 1120. The number of hydrogen-bond donors (Lipinski definition) is 2. The second-order valence-electron chi connectivity index (χ2n) is 7.11. The normalized spacial score (nSPS) is 12.0. The number of nitrogens with one attached hydrogen (secondary N) is 2. The van der Waals surface area contributed by atoms with Gasteiger partial charge in [0.25, 0.3) is 5.56 Å². The van der Waals surface area contributed by atoms with Crippen molar-refractivity contribution in [3.05, 3.63) is 57.1 Å². The number of hydrogen-bond acceptors (Lipinski definition) is 5. The van der Waals surface area contributed by atoms with E-state index in [4.69, 9.17) is 9.47 Å². The molecule has 1 amide bonds. The van der Waals surface area contributed by atoms with Gasteiger partial charge < -0.3 is 14.8 Å². The maximum atomic E-state index is 12.7. The van der Waals surface area contributed by atoms with Crippen LogP contribution in [0.4, 0.5) is 0 Å². The predicted octanol–water partition coefficient (Wildman–Crippen LogP) is 2.86. The highest BCUT2D eigenvalue weighted by atomic mass is 16.5. The molecule has 1 unspecified atom stereocenters. The second kappa shape index (κ2) is 9.02. The SMILES string of the molecule is CCOc1ccc(C(C)NC(=O)Cc2c(C)nc3cc(=O)[nH]n3c2C)cc1OCC. The summed E-state index contributed by atoms with van der Waals surface area (Å²) in [5.41, 5.74) is 3.56. The molecule has 2 heterocycles. The van der Waals surface area contributed by atoms with Gasteiger partial charge in [0.2, 0.25) is 5.91 Å². The average molecular weight is 412 g/mol. The van der Waals surface area contributed by atoms with Gasteiger partial charge in [-0.05, 0) is 52.3 Å². The van der Waals surface area contributed by atoms with Crippen LogP contribution in [0.3, 0.4) is 0 Å². The lowest BCUT2D eigenvalue weighted by Gasteiger charge is -2.18. The van der Waals surface area contributed by atoms with Gasteiger partial charge in [0.05, 0.1) is 25.7 Å². The van der Waals surface area contributed by atoms with Crippen LogP contribution >= 0.6 is 0 Å². The highest BCUT2D eigenvalue weighted by Gasteiger charge is 2.17. The number of H-pyrrole nitrogens is 1. The molecule has 0 aliphatic heterocycles. The molecule has 0 fully saturated rings. The Labute approximate surface area is 175 Å². The van der Waals surface area contributed by atoms with E-state index >= 15 is 0 Å². The molecule has 30 heavy (non-hydrogen) atoms. The van der Waals surface area contributed by atoms with Gasteiger partial charge in [-0.1, -0.05) is 6.07 Å². The van der Waals surface area contributed by atoms with Crippen LogP contribution in [-0.2, 0) is 11.2 Å². The first-order valence-electron chi connectivity index (χ1n) is 10.1. The smallest absolute Gasteiger partial charge is 0.266 e. The molecule has 1 atom stereocenters. The Morgan fingerprint density at radius 2 is 1.87 bits per heavy atom. The maximum absolute atomic E-state index is 12.7. The fraction of sp³-hybridized carbons (Fsp3) is 0.409.